The quantitative estimate of drug-likeness (QED) is 0.767. The summed E-state index contributed by atoms with van der Waals surface area (Å²) in [5.41, 5.74) is 3.19. The summed E-state index contributed by atoms with van der Waals surface area (Å²) in [6.45, 7) is 3.52. The number of carbonyl (C=O) groups is 1. The molecular weight excluding hydrogens is 318 g/mol. The Morgan fingerprint density at radius 2 is 2.32 bits per heavy atom. The molecule has 3 heterocycles. The smallest absolute Gasteiger partial charge is 0.223 e. The van der Waals surface area contributed by atoms with Gasteiger partial charge >= 0.3 is 0 Å². The lowest BCUT2D eigenvalue weighted by atomic mass is 10.2. The van der Waals surface area contributed by atoms with E-state index in [1.807, 2.05) is 11.0 Å². The first-order valence-corrected chi connectivity index (χ1v) is 8.67. The first kappa shape index (κ1) is 15.7. The second-order valence-electron chi connectivity index (χ2n) is 6.56. The van der Waals surface area contributed by atoms with Crippen LogP contribution in [0.4, 0.5) is 0 Å². The standard InChI is InChI=1S/C17H21N7O/c1-12-6-7-13-14(10-12)20-17(19-13)15-4-2-9-24(15)16(25)5-3-8-23-11-18-21-22-23/h6-7,10-11,15H,2-5,8-9H2,1H3,(H,19,20)/t15-/m0/s1. The predicted molar refractivity (Wildman–Crippen MR) is 91.6 cm³/mol. The zero-order chi connectivity index (χ0) is 17.2. The lowest BCUT2D eigenvalue weighted by Gasteiger charge is -2.23. The Labute approximate surface area is 145 Å². The van der Waals surface area contributed by atoms with Gasteiger partial charge in [-0.3, -0.25) is 4.79 Å². The topological polar surface area (TPSA) is 92.6 Å². The highest BCUT2D eigenvalue weighted by Gasteiger charge is 2.31. The third-order valence-electron chi connectivity index (χ3n) is 4.71. The monoisotopic (exact) mass is 339 g/mol. The summed E-state index contributed by atoms with van der Waals surface area (Å²) in [4.78, 5) is 22.7. The number of amides is 1. The van der Waals surface area contributed by atoms with Crippen molar-refractivity contribution < 1.29 is 4.79 Å². The van der Waals surface area contributed by atoms with Crippen molar-refractivity contribution in [3.63, 3.8) is 0 Å². The van der Waals surface area contributed by atoms with E-state index < -0.39 is 0 Å². The third kappa shape index (κ3) is 3.24. The molecule has 2 aromatic heterocycles. The Morgan fingerprint density at radius 1 is 1.40 bits per heavy atom. The number of benzene rings is 1. The number of aromatic amines is 1. The summed E-state index contributed by atoms with van der Waals surface area (Å²) in [5.74, 6) is 1.07. The number of likely N-dealkylation sites (tertiary alicyclic amines) is 1. The van der Waals surface area contributed by atoms with Crippen LogP contribution in [0.25, 0.3) is 11.0 Å². The van der Waals surface area contributed by atoms with E-state index in [0.29, 0.717) is 13.0 Å². The van der Waals surface area contributed by atoms with E-state index in [-0.39, 0.29) is 11.9 Å². The van der Waals surface area contributed by atoms with Gasteiger partial charge in [0.05, 0.1) is 17.1 Å². The van der Waals surface area contributed by atoms with Crippen LogP contribution in [0, 0.1) is 6.92 Å². The van der Waals surface area contributed by atoms with Gasteiger partial charge in [0.15, 0.2) is 0 Å². The first-order chi connectivity index (χ1) is 12.2. The number of rotatable bonds is 5. The van der Waals surface area contributed by atoms with Gasteiger partial charge in [0.2, 0.25) is 5.91 Å². The lowest BCUT2D eigenvalue weighted by molar-refractivity contribution is -0.132. The van der Waals surface area contributed by atoms with Crippen molar-refractivity contribution in [1.29, 1.82) is 0 Å². The summed E-state index contributed by atoms with van der Waals surface area (Å²) in [7, 11) is 0. The van der Waals surface area contributed by atoms with Crippen LogP contribution in [0.15, 0.2) is 24.5 Å². The normalized spacial score (nSPS) is 17.5. The first-order valence-electron chi connectivity index (χ1n) is 8.67. The van der Waals surface area contributed by atoms with Crippen LogP contribution in [0.2, 0.25) is 0 Å². The van der Waals surface area contributed by atoms with Crippen molar-refractivity contribution in [3.8, 4) is 0 Å². The van der Waals surface area contributed by atoms with Gasteiger partial charge in [-0.05, 0) is 54.3 Å². The van der Waals surface area contributed by atoms with Gasteiger partial charge in [0, 0.05) is 19.5 Å². The Hall–Kier alpha value is -2.77. The number of tetrazole rings is 1. The molecule has 0 unspecified atom stereocenters. The molecule has 1 saturated heterocycles. The van der Waals surface area contributed by atoms with Crippen molar-refractivity contribution in [1.82, 2.24) is 35.1 Å². The Kier molecular flexibility index (Phi) is 4.17. The molecule has 1 fully saturated rings. The second kappa shape index (κ2) is 6.62. The molecule has 130 valence electrons. The van der Waals surface area contributed by atoms with E-state index in [4.69, 9.17) is 4.98 Å². The molecule has 0 spiro atoms. The van der Waals surface area contributed by atoms with Crippen LogP contribution in [0.5, 0.6) is 0 Å². The molecule has 8 heteroatoms. The molecule has 0 radical (unpaired) electrons. The number of fused-ring (bicyclic) bond motifs is 1. The van der Waals surface area contributed by atoms with Crippen LogP contribution in [-0.4, -0.2) is 47.5 Å². The van der Waals surface area contributed by atoms with Crippen molar-refractivity contribution in [2.45, 2.75) is 45.2 Å². The molecular formula is C17H21N7O. The van der Waals surface area contributed by atoms with E-state index in [1.165, 1.54) is 5.56 Å². The van der Waals surface area contributed by atoms with Gasteiger partial charge in [0.25, 0.3) is 0 Å². The van der Waals surface area contributed by atoms with Gasteiger partial charge in [0.1, 0.15) is 12.2 Å². The summed E-state index contributed by atoms with van der Waals surface area (Å²) < 4.78 is 1.65. The zero-order valence-electron chi connectivity index (χ0n) is 14.2. The van der Waals surface area contributed by atoms with Gasteiger partial charge in [-0.25, -0.2) is 9.67 Å². The van der Waals surface area contributed by atoms with E-state index in [2.05, 4.69) is 39.6 Å². The van der Waals surface area contributed by atoms with E-state index in [9.17, 15) is 4.79 Å². The Bertz CT molecular complexity index is 870. The summed E-state index contributed by atoms with van der Waals surface area (Å²) in [6, 6.07) is 6.23. The number of hydrogen-bond donors (Lipinski definition) is 1. The fraction of sp³-hybridized carbons (Fsp3) is 0.471. The molecule has 3 aromatic rings. The van der Waals surface area contributed by atoms with Crippen LogP contribution in [0.3, 0.4) is 0 Å². The number of H-pyrrole nitrogens is 1. The highest BCUT2D eigenvalue weighted by atomic mass is 16.2. The Balaban J connectivity index is 1.44. The maximum Gasteiger partial charge on any atom is 0.223 e. The van der Waals surface area contributed by atoms with Gasteiger partial charge in [-0.15, -0.1) is 5.10 Å². The molecule has 1 aromatic carbocycles. The average Bonchev–Trinajstić information content (AvgIpc) is 3.33. The summed E-state index contributed by atoms with van der Waals surface area (Å²) >= 11 is 0. The number of imidazole rings is 1. The molecule has 0 aliphatic carbocycles. The number of aryl methyl sites for hydroxylation is 2. The molecule has 1 N–H and O–H groups in total. The molecule has 0 saturated carbocycles. The molecule has 8 nitrogen and oxygen atoms in total. The maximum absolute atomic E-state index is 12.7. The second-order valence-corrected chi connectivity index (χ2v) is 6.56. The van der Waals surface area contributed by atoms with E-state index >= 15 is 0 Å². The predicted octanol–water partition coefficient (Wildman–Crippen LogP) is 2.00. The minimum absolute atomic E-state index is 0.0493. The van der Waals surface area contributed by atoms with Crippen LogP contribution < -0.4 is 0 Å². The minimum Gasteiger partial charge on any atom is -0.340 e. The zero-order valence-corrected chi connectivity index (χ0v) is 14.2. The molecule has 0 bridgehead atoms. The highest BCUT2D eigenvalue weighted by Crippen LogP contribution is 2.32. The highest BCUT2D eigenvalue weighted by molar-refractivity contribution is 5.78. The van der Waals surface area contributed by atoms with E-state index in [0.717, 1.165) is 42.7 Å². The van der Waals surface area contributed by atoms with Crippen molar-refractivity contribution in [2.75, 3.05) is 6.54 Å². The fourth-order valence-electron chi connectivity index (χ4n) is 3.47. The number of nitrogens with one attached hydrogen (secondary N) is 1. The average molecular weight is 339 g/mol. The summed E-state index contributed by atoms with van der Waals surface area (Å²) in [6.07, 6.45) is 4.76. The largest absolute Gasteiger partial charge is 0.340 e. The minimum atomic E-state index is 0.0493. The fourth-order valence-corrected chi connectivity index (χ4v) is 3.47. The summed E-state index contributed by atoms with van der Waals surface area (Å²) in [5, 5.41) is 11.0. The number of aromatic nitrogens is 6. The van der Waals surface area contributed by atoms with Gasteiger partial charge in [-0.2, -0.15) is 0 Å². The molecule has 25 heavy (non-hydrogen) atoms. The molecule has 1 amide bonds. The molecule has 1 aliphatic rings. The van der Waals surface area contributed by atoms with Gasteiger partial charge < -0.3 is 9.88 Å². The SMILES string of the molecule is Cc1ccc2nc([C@@H]3CCCN3C(=O)CCCn3cnnn3)[nH]c2c1. The number of nitrogens with zero attached hydrogens (tertiary/aromatic N) is 6. The van der Waals surface area contributed by atoms with Gasteiger partial charge in [-0.1, -0.05) is 6.07 Å². The van der Waals surface area contributed by atoms with Crippen molar-refractivity contribution in [2.24, 2.45) is 0 Å². The number of hydrogen-bond acceptors (Lipinski definition) is 5. The molecule has 1 aliphatic heterocycles. The van der Waals surface area contributed by atoms with E-state index in [1.54, 1.807) is 11.0 Å². The Morgan fingerprint density at radius 3 is 3.16 bits per heavy atom. The van der Waals surface area contributed by atoms with Crippen LogP contribution in [-0.2, 0) is 11.3 Å². The molecule has 1 atom stereocenters. The van der Waals surface area contributed by atoms with Crippen LogP contribution >= 0.6 is 0 Å². The maximum atomic E-state index is 12.7. The van der Waals surface area contributed by atoms with Crippen LogP contribution in [0.1, 0.15) is 43.1 Å². The third-order valence-corrected chi connectivity index (χ3v) is 4.71. The molecule has 4 rings (SSSR count). The lowest BCUT2D eigenvalue weighted by Crippen LogP contribution is -2.31. The van der Waals surface area contributed by atoms with Crippen molar-refractivity contribution >= 4 is 16.9 Å². The van der Waals surface area contributed by atoms with Crippen molar-refractivity contribution in [3.05, 3.63) is 35.9 Å². The number of carbonyl (C=O) groups excluding carboxylic acids is 1.